The lowest BCUT2D eigenvalue weighted by molar-refractivity contribution is -0.384. The Kier molecular flexibility index (Phi) is 3.88. The average molecular weight is 260 g/mol. The third-order valence-corrected chi connectivity index (χ3v) is 1.77. The third kappa shape index (κ3) is 3.33. The van der Waals surface area contributed by atoms with Crippen molar-refractivity contribution in [2.45, 2.75) is 11.8 Å². The van der Waals surface area contributed by atoms with Crippen molar-refractivity contribution >= 4 is 21.6 Å². The first-order valence-corrected chi connectivity index (χ1v) is 5.02. The van der Waals surface area contributed by atoms with Crippen LogP contribution in [-0.4, -0.2) is 16.4 Å². The lowest BCUT2D eigenvalue weighted by atomic mass is 10.3. The molecule has 0 bridgehead atoms. The van der Waals surface area contributed by atoms with Crippen molar-refractivity contribution in [3.8, 4) is 5.75 Å². The molecule has 14 heavy (non-hydrogen) atoms. The summed E-state index contributed by atoms with van der Waals surface area (Å²) in [5.41, 5.74) is 0.0460. The van der Waals surface area contributed by atoms with Gasteiger partial charge in [0.15, 0.2) is 0 Å². The Bertz CT molecular complexity index is 328. The van der Waals surface area contributed by atoms with E-state index in [1.807, 2.05) is 6.92 Å². The van der Waals surface area contributed by atoms with E-state index in [1.54, 1.807) is 12.1 Å². The molecule has 1 atom stereocenters. The minimum Gasteiger partial charge on any atom is -0.492 e. The zero-order valence-electron chi connectivity index (χ0n) is 7.64. The van der Waals surface area contributed by atoms with E-state index in [-0.39, 0.29) is 10.5 Å². The minimum atomic E-state index is -0.440. The summed E-state index contributed by atoms with van der Waals surface area (Å²) in [6, 6.07) is 6.15. The molecule has 1 aromatic rings. The second-order valence-electron chi connectivity index (χ2n) is 2.85. The van der Waals surface area contributed by atoms with Crippen molar-refractivity contribution in [1.29, 1.82) is 0 Å². The maximum atomic E-state index is 10.4. The Labute approximate surface area is 90.2 Å². The monoisotopic (exact) mass is 259 g/mol. The van der Waals surface area contributed by atoms with Gasteiger partial charge >= 0.3 is 0 Å². The van der Waals surface area contributed by atoms with Crippen LogP contribution in [0, 0.1) is 10.1 Å². The van der Waals surface area contributed by atoms with E-state index < -0.39 is 4.92 Å². The van der Waals surface area contributed by atoms with Gasteiger partial charge in [-0.25, -0.2) is 0 Å². The van der Waals surface area contributed by atoms with Crippen LogP contribution in [-0.2, 0) is 0 Å². The van der Waals surface area contributed by atoms with Gasteiger partial charge in [-0.15, -0.1) is 0 Å². The summed E-state index contributed by atoms with van der Waals surface area (Å²) in [6.45, 7) is 2.43. The van der Waals surface area contributed by atoms with Gasteiger partial charge in [0.2, 0.25) is 0 Å². The molecule has 0 aromatic heterocycles. The van der Waals surface area contributed by atoms with Crippen LogP contribution in [0.3, 0.4) is 0 Å². The number of hydrogen-bond donors (Lipinski definition) is 0. The Balaban J connectivity index is 2.69. The molecule has 0 heterocycles. The molecular weight excluding hydrogens is 250 g/mol. The van der Waals surface area contributed by atoms with Crippen LogP contribution in [0.25, 0.3) is 0 Å². The fraction of sp³-hybridized carbons (Fsp3) is 0.333. The number of alkyl halides is 1. The summed E-state index contributed by atoms with van der Waals surface area (Å²) in [7, 11) is 0. The van der Waals surface area contributed by atoms with Crippen molar-refractivity contribution < 1.29 is 9.66 Å². The standard InChI is InChI=1S/C9H10BrNO3/c1-7(10)6-14-9-4-2-3-8(5-9)11(12)13/h2-5,7H,6H2,1H3. The van der Waals surface area contributed by atoms with Crippen molar-refractivity contribution in [3.63, 3.8) is 0 Å². The first-order chi connectivity index (χ1) is 6.59. The number of ether oxygens (including phenoxy) is 1. The predicted octanol–water partition coefficient (Wildman–Crippen LogP) is 2.76. The molecule has 0 aliphatic heterocycles. The fourth-order valence-corrected chi connectivity index (χ4v) is 1.03. The molecule has 76 valence electrons. The maximum Gasteiger partial charge on any atom is 0.273 e. The largest absolute Gasteiger partial charge is 0.492 e. The molecule has 0 saturated carbocycles. The number of hydrogen-bond acceptors (Lipinski definition) is 3. The molecule has 0 spiro atoms. The SMILES string of the molecule is CC(Br)COc1cccc([N+](=O)[O-])c1. The Morgan fingerprint density at radius 1 is 1.64 bits per heavy atom. The number of benzene rings is 1. The first kappa shape index (κ1) is 11.0. The van der Waals surface area contributed by atoms with Gasteiger partial charge in [0, 0.05) is 10.9 Å². The zero-order valence-corrected chi connectivity index (χ0v) is 9.23. The minimum absolute atomic E-state index is 0.0460. The van der Waals surface area contributed by atoms with E-state index in [1.165, 1.54) is 12.1 Å². The topological polar surface area (TPSA) is 52.4 Å². The molecule has 0 aliphatic carbocycles. The van der Waals surface area contributed by atoms with Crippen molar-refractivity contribution in [2.24, 2.45) is 0 Å². The molecule has 1 aromatic carbocycles. The summed E-state index contributed by atoms with van der Waals surface area (Å²) >= 11 is 3.32. The van der Waals surface area contributed by atoms with Crippen LogP contribution >= 0.6 is 15.9 Å². The van der Waals surface area contributed by atoms with Gasteiger partial charge < -0.3 is 4.74 Å². The molecule has 0 radical (unpaired) electrons. The Hall–Kier alpha value is -1.10. The van der Waals surface area contributed by atoms with E-state index in [4.69, 9.17) is 4.74 Å². The maximum absolute atomic E-state index is 10.4. The molecule has 5 heteroatoms. The third-order valence-electron chi connectivity index (χ3n) is 1.51. The number of rotatable bonds is 4. The Morgan fingerprint density at radius 2 is 2.36 bits per heavy atom. The Morgan fingerprint density at radius 3 is 2.93 bits per heavy atom. The number of nitro benzene ring substituents is 1. The van der Waals surface area contributed by atoms with Crippen LogP contribution in [0.4, 0.5) is 5.69 Å². The number of non-ortho nitro benzene ring substituents is 1. The summed E-state index contributed by atoms with van der Waals surface area (Å²) in [6.07, 6.45) is 0. The highest BCUT2D eigenvalue weighted by molar-refractivity contribution is 9.09. The number of nitrogens with zero attached hydrogens (tertiary/aromatic N) is 1. The molecule has 0 amide bonds. The summed E-state index contributed by atoms with van der Waals surface area (Å²) < 4.78 is 5.31. The van der Waals surface area contributed by atoms with Crippen LogP contribution in [0.15, 0.2) is 24.3 Å². The molecule has 0 fully saturated rings. The highest BCUT2D eigenvalue weighted by atomic mass is 79.9. The van der Waals surface area contributed by atoms with Crippen LogP contribution in [0.5, 0.6) is 5.75 Å². The normalized spacial score (nSPS) is 12.1. The first-order valence-electron chi connectivity index (χ1n) is 4.11. The van der Waals surface area contributed by atoms with Gasteiger partial charge in [0.25, 0.3) is 5.69 Å². The van der Waals surface area contributed by atoms with Crippen LogP contribution in [0.1, 0.15) is 6.92 Å². The summed E-state index contributed by atoms with van der Waals surface area (Å²) in [4.78, 5) is 10.2. The van der Waals surface area contributed by atoms with Gasteiger partial charge in [-0.05, 0) is 13.0 Å². The van der Waals surface area contributed by atoms with Gasteiger partial charge in [-0.1, -0.05) is 22.0 Å². The van der Waals surface area contributed by atoms with Gasteiger partial charge in [0.1, 0.15) is 12.4 Å². The highest BCUT2D eigenvalue weighted by Gasteiger charge is 2.06. The second kappa shape index (κ2) is 4.95. The average Bonchev–Trinajstić information content (AvgIpc) is 2.15. The van der Waals surface area contributed by atoms with Crippen LogP contribution < -0.4 is 4.74 Å². The zero-order chi connectivity index (χ0) is 10.6. The van der Waals surface area contributed by atoms with E-state index in [9.17, 15) is 10.1 Å². The van der Waals surface area contributed by atoms with Gasteiger partial charge in [-0.2, -0.15) is 0 Å². The van der Waals surface area contributed by atoms with Gasteiger partial charge in [0.05, 0.1) is 11.0 Å². The van der Waals surface area contributed by atoms with E-state index in [2.05, 4.69) is 15.9 Å². The number of halogens is 1. The molecule has 4 nitrogen and oxygen atoms in total. The molecule has 1 rings (SSSR count). The smallest absolute Gasteiger partial charge is 0.273 e. The summed E-state index contributed by atoms with van der Waals surface area (Å²) in [5.74, 6) is 0.519. The predicted molar refractivity (Wildman–Crippen MR) is 57.0 cm³/mol. The molecule has 0 N–H and O–H groups in total. The molecular formula is C9H10BrNO3. The highest BCUT2D eigenvalue weighted by Crippen LogP contribution is 2.19. The van der Waals surface area contributed by atoms with Crippen molar-refractivity contribution in [2.75, 3.05) is 6.61 Å². The lowest BCUT2D eigenvalue weighted by Gasteiger charge is -2.06. The van der Waals surface area contributed by atoms with Gasteiger partial charge in [-0.3, -0.25) is 10.1 Å². The van der Waals surface area contributed by atoms with E-state index >= 15 is 0 Å². The van der Waals surface area contributed by atoms with Crippen LogP contribution in [0.2, 0.25) is 0 Å². The fourth-order valence-electron chi connectivity index (χ4n) is 0.898. The van der Waals surface area contributed by atoms with E-state index in [0.29, 0.717) is 12.4 Å². The summed E-state index contributed by atoms with van der Waals surface area (Å²) in [5, 5.41) is 10.4. The van der Waals surface area contributed by atoms with Crippen molar-refractivity contribution in [1.82, 2.24) is 0 Å². The molecule has 0 saturated heterocycles. The number of nitro groups is 1. The quantitative estimate of drug-likeness (QED) is 0.475. The second-order valence-corrected chi connectivity index (χ2v) is 4.41. The van der Waals surface area contributed by atoms with E-state index in [0.717, 1.165) is 0 Å². The lowest BCUT2D eigenvalue weighted by Crippen LogP contribution is -2.06. The molecule has 1 unspecified atom stereocenters. The molecule has 0 aliphatic rings. The van der Waals surface area contributed by atoms with Crippen molar-refractivity contribution in [3.05, 3.63) is 34.4 Å².